The van der Waals surface area contributed by atoms with Gasteiger partial charge in [0.1, 0.15) is 24.1 Å². The summed E-state index contributed by atoms with van der Waals surface area (Å²) in [4.78, 5) is 33.8. The zero-order valence-electron chi connectivity index (χ0n) is 18.8. The lowest BCUT2D eigenvalue weighted by atomic mass is 9.91. The highest BCUT2D eigenvalue weighted by molar-refractivity contribution is 5.96. The van der Waals surface area contributed by atoms with Crippen LogP contribution in [-0.2, 0) is 9.53 Å². The summed E-state index contributed by atoms with van der Waals surface area (Å²) in [5, 5.41) is 5.45. The molecule has 0 aromatic carbocycles. The van der Waals surface area contributed by atoms with Crippen molar-refractivity contribution < 1.29 is 23.5 Å². The van der Waals surface area contributed by atoms with Gasteiger partial charge in [-0.25, -0.2) is 4.98 Å². The molecular weight excluding hydrogens is 424 g/mol. The van der Waals surface area contributed by atoms with Gasteiger partial charge in [0.25, 0.3) is 5.91 Å². The van der Waals surface area contributed by atoms with E-state index >= 15 is 0 Å². The number of carbonyl (C=O) groups is 2. The first-order valence-electron chi connectivity index (χ1n) is 11.1. The summed E-state index contributed by atoms with van der Waals surface area (Å²) >= 11 is 0. The second-order valence-corrected chi connectivity index (χ2v) is 8.05. The lowest BCUT2D eigenvalue weighted by Crippen LogP contribution is -2.51. The van der Waals surface area contributed by atoms with Gasteiger partial charge in [0.15, 0.2) is 11.5 Å². The molecule has 4 heterocycles. The van der Waals surface area contributed by atoms with Gasteiger partial charge in [-0.1, -0.05) is 0 Å². The molecule has 2 aliphatic heterocycles. The molecule has 4 rings (SSSR count). The lowest BCUT2D eigenvalue weighted by Gasteiger charge is -2.29. The van der Waals surface area contributed by atoms with E-state index in [1.165, 1.54) is 0 Å². The number of aromatic nitrogens is 1. The van der Waals surface area contributed by atoms with Crippen molar-refractivity contribution in [1.29, 1.82) is 0 Å². The van der Waals surface area contributed by atoms with Crippen LogP contribution in [-0.4, -0.2) is 55.9 Å². The largest absolute Gasteiger partial charge is 0.488 e. The average Bonchev–Trinajstić information content (AvgIpc) is 3.51. The van der Waals surface area contributed by atoms with Crippen molar-refractivity contribution in [1.82, 2.24) is 15.6 Å². The minimum Gasteiger partial charge on any atom is -0.488 e. The maximum atomic E-state index is 12.8. The molecule has 0 saturated carbocycles. The second kappa shape index (κ2) is 10.4. The van der Waals surface area contributed by atoms with Crippen molar-refractivity contribution in [2.75, 3.05) is 26.9 Å². The van der Waals surface area contributed by atoms with E-state index < -0.39 is 11.9 Å². The Morgan fingerprint density at radius 2 is 2.03 bits per heavy atom. The van der Waals surface area contributed by atoms with Gasteiger partial charge in [-0.2, -0.15) is 0 Å². The quantitative estimate of drug-likeness (QED) is 0.636. The van der Waals surface area contributed by atoms with Crippen LogP contribution < -0.4 is 15.4 Å². The molecule has 0 bridgehead atoms. The minimum absolute atomic E-state index is 0.0154. The number of allylic oxidation sites excluding steroid dienone is 1. The van der Waals surface area contributed by atoms with Crippen LogP contribution in [0.25, 0.3) is 11.5 Å². The van der Waals surface area contributed by atoms with Crippen molar-refractivity contribution in [2.24, 2.45) is 10.9 Å². The summed E-state index contributed by atoms with van der Waals surface area (Å²) in [5.41, 5.74) is 2.72. The summed E-state index contributed by atoms with van der Waals surface area (Å²) in [6.45, 7) is 3.59. The van der Waals surface area contributed by atoms with Crippen LogP contribution in [0, 0.1) is 5.92 Å². The van der Waals surface area contributed by atoms with Crippen molar-refractivity contribution >= 4 is 18.0 Å². The van der Waals surface area contributed by atoms with Crippen molar-refractivity contribution in [3.8, 4) is 17.2 Å². The summed E-state index contributed by atoms with van der Waals surface area (Å²) in [6.07, 6.45) is 5.73. The standard InChI is InChI=1S/C24H28N4O5/c1-15-17(7-10-26-15)14-32-18-3-4-19(27-13-18)20-5-6-21(33-20)23(29)28-22(24(30)25-2)16-8-11-31-12-9-16/h3-6,10,13,16,22H,7-9,11-12,14H2,1-2H3,(H,25,30)(H,28,29)/t22-/m0/s1. The maximum Gasteiger partial charge on any atom is 0.287 e. The molecule has 9 heteroatoms. The van der Waals surface area contributed by atoms with Crippen LogP contribution in [0.5, 0.6) is 5.75 Å². The number of furan rings is 1. The molecule has 0 unspecified atom stereocenters. The minimum atomic E-state index is -0.640. The number of nitrogens with one attached hydrogen (secondary N) is 2. The monoisotopic (exact) mass is 452 g/mol. The van der Waals surface area contributed by atoms with Crippen molar-refractivity contribution in [3.05, 3.63) is 47.5 Å². The molecule has 2 aliphatic rings. The third-order valence-electron chi connectivity index (χ3n) is 5.92. The molecule has 2 amide bonds. The molecule has 0 radical (unpaired) electrons. The summed E-state index contributed by atoms with van der Waals surface area (Å²) in [7, 11) is 1.56. The number of rotatable bonds is 8. The molecule has 1 saturated heterocycles. The number of carbonyl (C=O) groups excluding carboxylic acids is 2. The van der Waals surface area contributed by atoms with Crippen LogP contribution in [0.2, 0.25) is 0 Å². The van der Waals surface area contributed by atoms with E-state index in [9.17, 15) is 9.59 Å². The van der Waals surface area contributed by atoms with E-state index in [1.54, 1.807) is 31.4 Å². The Labute approximate surface area is 192 Å². The molecule has 33 heavy (non-hydrogen) atoms. The first-order chi connectivity index (χ1) is 16.0. The van der Waals surface area contributed by atoms with Crippen molar-refractivity contribution in [3.63, 3.8) is 0 Å². The van der Waals surface area contributed by atoms with Gasteiger partial charge >= 0.3 is 0 Å². The molecule has 174 valence electrons. The fraction of sp³-hybridized carbons (Fsp3) is 0.417. The van der Waals surface area contributed by atoms with Crippen LogP contribution in [0.3, 0.4) is 0 Å². The fourth-order valence-corrected chi connectivity index (χ4v) is 3.89. The van der Waals surface area contributed by atoms with Crippen molar-refractivity contribution in [2.45, 2.75) is 32.2 Å². The van der Waals surface area contributed by atoms with E-state index in [4.69, 9.17) is 13.9 Å². The van der Waals surface area contributed by atoms with Crippen LogP contribution in [0.1, 0.15) is 36.7 Å². The van der Waals surface area contributed by atoms with E-state index in [-0.39, 0.29) is 17.6 Å². The van der Waals surface area contributed by atoms with Gasteiger partial charge in [-0.05, 0) is 55.5 Å². The van der Waals surface area contributed by atoms with Crippen LogP contribution in [0.15, 0.2) is 51.1 Å². The number of amides is 2. The van der Waals surface area contributed by atoms with Gasteiger partial charge in [0.2, 0.25) is 5.91 Å². The Kier molecular flexibility index (Phi) is 7.19. The Morgan fingerprint density at radius 3 is 2.70 bits per heavy atom. The number of ether oxygens (including phenoxy) is 2. The highest BCUT2D eigenvalue weighted by Crippen LogP contribution is 2.24. The molecule has 2 N–H and O–H groups in total. The zero-order valence-corrected chi connectivity index (χ0v) is 18.8. The Balaban J connectivity index is 1.38. The lowest BCUT2D eigenvalue weighted by molar-refractivity contribution is -0.124. The van der Waals surface area contributed by atoms with E-state index in [2.05, 4.69) is 20.6 Å². The Morgan fingerprint density at radius 1 is 1.21 bits per heavy atom. The second-order valence-electron chi connectivity index (χ2n) is 8.05. The maximum absolute atomic E-state index is 12.8. The number of aliphatic imine (C=N–C) groups is 1. The smallest absolute Gasteiger partial charge is 0.287 e. The van der Waals surface area contributed by atoms with Gasteiger partial charge < -0.3 is 24.5 Å². The zero-order chi connectivity index (χ0) is 23.2. The third-order valence-corrected chi connectivity index (χ3v) is 5.92. The predicted molar refractivity (Wildman–Crippen MR) is 122 cm³/mol. The summed E-state index contributed by atoms with van der Waals surface area (Å²) in [5.74, 6) is 0.564. The fourth-order valence-electron chi connectivity index (χ4n) is 3.89. The summed E-state index contributed by atoms with van der Waals surface area (Å²) in [6, 6.07) is 6.21. The number of pyridine rings is 1. The highest BCUT2D eigenvalue weighted by atomic mass is 16.5. The predicted octanol–water partition coefficient (Wildman–Crippen LogP) is 2.74. The highest BCUT2D eigenvalue weighted by Gasteiger charge is 2.31. The number of hydrogen-bond acceptors (Lipinski definition) is 7. The molecule has 0 spiro atoms. The molecule has 1 atom stereocenters. The van der Waals surface area contributed by atoms with Crippen LogP contribution in [0.4, 0.5) is 0 Å². The molecule has 0 aliphatic carbocycles. The van der Waals surface area contributed by atoms with E-state index in [0.717, 1.165) is 17.7 Å². The molecule has 2 aromatic rings. The SMILES string of the molecule is CNC(=O)[C@@H](NC(=O)c1ccc(-c2ccc(OCC3=C(C)N=CC3)cn2)o1)C1CCOCC1. The first-order valence-corrected chi connectivity index (χ1v) is 11.1. The number of hydrogen-bond donors (Lipinski definition) is 2. The normalized spacial score (nSPS) is 17.2. The van der Waals surface area contributed by atoms with Crippen LogP contribution >= 0.6 is 0 Å². The Bertz CT molecular complexity index is 1050. The molecule has 9 nitrogen and oxygen atoms in total. The van der Waals surface area contributed by atoms with E-state index in [1.807, 2.05) is 19.2 Å². The molecule has 1 fully saturated rings. The average molecular weight is 453 g/mol. The van der Waals surface area contributed by atoms with Gasteiger partial charge in [-0.3, -0.25) is 14.6 Å². The van der Waals surface area contributed by atoms with Gasteiger partial charge in [0, 0.05) is 38.6 Å². The van der Waals surface area contributed by atoms with Gasteiger partial charge in [0.05, 0.1) is 6.20 Å². The number of nitrogens with zero attached hydrogens (tertiary/aromatic N) is 2. The summed E-state index contributed by atoms with van der Waals surface area (Å²) < 4.78 is 16.9. The topological polar surface area (TPSA) is 115 Å². The van der Waals surface area contributed by atoms with E-state index in [0.29, 0.717) is 49.9 Å². The third kappa shape index (κ3) is 5.48. The Hall–Kier alpha value is -3.46. The first kappa shape index (κ1) is 22.7. The molecular formula is C24H28N4O5. The molecule has 2 aromatic heterocycles. The van der Waals surface area contributed by atoms with Gasteiger partial charge in [-0.15, -0.1) is 0 Å². The number of likely N-dealkylation sites (N-methyl/N-ethyl adjacent to an activating group) is 1.